The van der Waals surface area contributed by atoms with E-state index < -0.39 is 11.5 Å². The standard InChI is InChI=1S/C8H12N4O3S/c1-2-3-15-5(13)4-9-6-7(14)10-8(16)12-11-6/h2-4H2,1H3,(H,9,11)(H2,10,12,14,16). The number of anilines is 1. The number of nitrogens with one attached hydrogen (secondary N) is 3. The van der Waals surface area contributed by atoms with Gasteiger partial charge in [0.15, 0.2) is 4.77 Å². The number of H-pyrrole nitrogens is 2. The normalized spacial score (nSPS) is 9.81. The van der Waals surface area contributed by atoms with Gasteiger partial charge in [0.25, 0.3) is 5.56 Å². The summed E-state index contributed by atoms with van der Waals surface area (Å²) in [6, 6.07) is 0. The van der Waals surface area contributed by atoms with Crippen molar-refractivity contribution in [3.8, 4) is 0 Å². The first-order chi connectivity index (χ1) is 7.63. The van der Waals surface area contributed by atoms with Crippen LogP contribution >= 0.6 is 12.2 Å². The Morgan fingerprint density at radius 1 is 1.62 bits per heavy atom. The minimum Gasteiger partial charge on any atom is -0.464 e. The van der Waals surface area contributed by atoms with Crippen LogP contribution in [-0.4, -0.2) is 34.3 Å². The molecule has 0 bridgehead atoms. The Labute approximate surface area is 96.2 Å². The zero-order valence-electron chi connectivity index (χ0n) is 8.70. The van der Waals surface area contributed by atoms with Crippen molar-refractivity contribution in [2.75, 3.05) is 18.5 Å². The molecule has 1 heterocycles. The second kappa shape index (κ2) is 6.01. The molecule has 1 rings (SSSR count). The van der Waals surface area contributed by atoms with E-state index in [2.05, 4.69) is 32.7 Å². The second-order valence-electron chi connectivity index (χ2n) is 2.93. The van der Waals surface area contributed by atoms with E-state index in [1.54, 1.807) is 0 Å². The van der Waals surface area contributed by atoms with E-state index in [0.717, 1.165) is 6.42 Å². The molecule has 0 saturated carbocycles. The molecule has 0 amide bonds. The number of hydrogen-bond acceptors (Lipinski definition) is 6. The number of ether oxygens (including phenoxy) is 1. The third kappa shape index (κ3) is 3.81. The van der Waals surface area contributed by atoms with Gasteiger partial charge in [-0.05, 0) is 18.6 Å². The average Bonchev–Trinajstić information content (AvgIpc) is 2.25. The number of aromatic nitrogens is 3. The Morgan fingerprint density at radius 3 is 3.00 bits per heavy atom. The highest BCUT2D eigenvalue weighted by Gasteiger charge is 2.05. The number of hydrogen-bond donors (Lipinski definition) is 3. The van der Waals surface area contributed by atoms with Gasteiger partial charge in [0.2, 0.25) is 5.82 Å². The smallest absolute Gasteiger partial charge is 0.325 e. The molecule has 0 aromatic carbocycles. The van der Waals surface area contributed by atoms with Gasteiger partial charge in [-0.1, -0.05) is 6.92 Å². The van der Waals surface area contributed by atoms with Gasteiger partial charge in [-0.3, -0.25) is 19.7 Å². The molecule has 0 aliphatic heterocycles. The van der Waals surface area contributed by atoms with Crippen LogP contribution < -0.4 is 10.9 Å². The largest absolute Gasteiger partial charge is 0.464 e. The molecule has 0 unspecified atom stereocenters. The predicted molar refractivity (Wildman–Crippen MR) is 59.8 cm³/mol. The lowest BCUT2D eigenvalue weighted by Gasteiger charge is -2.04. The zero-order valence-corrected chi connectivity index (χ0v) is 9.52. The number of nitrogens with zero attached hydrogens (tertiary/aromatic N) is 1. The fourth-order valence-corrected chi connectivity index (χ4v) is 1.03. The van der Waals surface area contributed by atoms with Gasteiger partial charge in [0.1, 0.15) is 6.54 Å². The molecule has 8 heteroatoms. The first-order valence-electron chi connectivity index (χ1n) is 4.72. The number of esters is 1. The SMILES string of the molecule is CCCOC(=O)CNc1n[nH]c(=S)[nH]c1=O. The maximum absolute atomic E-state index is 11.2. The van der Waals surface area contributed by atoms with Crippen molar-refractivity contribution in [1.29, 1.82) is 0 Å². The van der Waals surface area contributed by atoms with E-state index in [9.17, 15) is 9.59 Å². The number of rotatable bonds is 5. The first-order valence-corrected chi connectivity index (χ1v) is 5.12. The lowest BCUT2D eigenvalue weighted by atomic mass is 10.5. The van der Waals surface area contributed by atoms with Crippen molar-refractivity contribution in [3.05, 3.63) is 15.1 Å². The van der Waals surface area contributed by atoms with Crippen molar-refractivity contribution in [1.82, 2.24) is 15.2 Å². The zero-order chi connectivity index (χ0) is 12.0. The third-order valence-corrected chi connectivity index (χ3v) is 1.77. The molecule has 0 atom stereocenters. The van der Waals surface area contributed by atoms with Crippen LogP contribution in [0.25, 0.3) is 0 Å². The van der Waals surface area contributed by atoms with E-state index in [-0.39, 0.29) is 17.1 Å². The minimum absolute atomic E-state index is 0.00190. The van der Waals surface area contributed by atoms with Crippen LogP contribution in [0.3, 0.4) is 0 Å². The number of carbonyl (C=O) groups is 1. The van der Waals surface area contributed by atoms with Gasteiger partial charge in [-0.25, -0.2) is 0 Å². The summed E-state index contributed by atoms with van der Waals surface area (Å²) in [7, 11) is 0. The van der Waals surface area contributed by atoms with Crippen molar-refractivity contribution in [2.45, 2.75) is 13.3 Å². The van der Waals surface area contributed by atoms with Gasteiger partial charge in [0, 0.05) is 0 Å². The summed E-state index contributed by atoms with van der Waals surface area (Å²) in [4.78, 5) is 24.7. The average molecular weight is 244 g/mol. The van der Waals surface area contributed by atoms with Gasteiger partial charge < -0.3 is 10.1 Å². The molecule has 3 N–H and O–H groups in total. The van der Waals surface area contributed by atoms with Crippen molar-refractivity contribution in [3.63, 3.8) is 0 Å². The Bertz CT molecular complexity index is 467. The highest BCUT2D eigenvalue weighted by molar-refractivity contribution is 7.71. The highest BCUT2D eigenvalue weighted by Crippen LogP contribution is 1.89. The summed E-state index contributed by atoms with van der Waals surface area (Å²) >= 11 is 4.66. The summed E-state index contributed by atoms with van der Waals surface area (Å²) in [6.07, 6.45) is 0.753. The molecule has 0 saturated heterocycles. The van der Waals surface area contributed by atoms with Gasteiger partial charge in [-0.15, -0.1) is 5.10 Å². The van der Waals surface area contributed by atoms with Crippen molar-refractivity contribution >= 4 is 24.0 Å². The van der Waals surface area contributed by atoms with Crippen LogP contribution in [-0.2, 0) is 9.53 Å². The molecule has 1 aromatic rings. The van der Waals surface area contributed by atoms with Gasteiger partial charge in [0.05, 0.1) is 6.61 Å². The molecule has 0 aliphatic carbocycles. The monoisotopic (exact) mass is 244 g/mol. The Morgan fingerprint density at radius 2 is 2.38 bits per heavy atom. The first kappa shape index (κ1) is 12.4. The van der Waals surface area contributed by atoms with Crippen LogP contribution in [0, 0.1) is 4.77 Å². The molecule has 1 aromatic heterocycles. The molecule has 7 nitrogen and oxygen atoms in total. The van der Waals surface area contributed by atoms with Crippen LogP contribution in [0.5, 0.6) is 0 Å². The van der Waals surface area contributed by atoms with Crippen LogP contribution in [0.2, 0.25) is 0 Å². The molecule has 0 spiro atoms. The third-order valence-electron chi connectivity index (χ3n) is 1.58. The Hall–Kier alpha value is -1.70. The quantitative estimate of drug-likeness (QED) is 0.505. The topological polar surface area (TPSA) is 99.9 Å². The van der Waals surface area contributed by atoms with Crippen molar-refractivity contribution in [2.24, 2.45) is 0 Å². The van der Waals surface area contributed by atoms with E-state index in [1.807, 2.05) is 6.92 Å². The highest BCUT2D eigenvalue weighted by atomic mass is 32.1. The van der Waals surface area contributed by atoms with Crippen LogP contribution in [0.4, 0.5) is 5.82 Å². The predicted octanol–water partition coefficient (Wildman–Crippen LogP) is 0.193. The molecule has 16 heavy (non-hydrogen) atoms. The van der Waals surface area contributed by atoms with Gasteiger partial charge in [-0.2, -0.15) is 0 Å². The molecule has 0 radical (unpaired) electrons. The van der Waals surface area contributed by atoms with E-state index in [4.69, 9.17) is 4.74 Å². The molecule has 0 aliphatic rings. The van der Waals surface area contributed by atoms with E-state index in [0.29, 0.717) is 6.61 Å². The lowest BCUT2D eigenvalue weighted by Crippen LogP contribution is -2.23. The maximum Gasteiger partial charge on any atom is 0.325 e. The molecular formula is C8H12N4O3S. The Balaban J connectivity index is 2.52. The number of aromatic amines is 2. The summed E-state index contributed by atoms with van der Waals surface area (Å²) in [6.45, 7) is 2.15. The minimum atomic E-state index is -0.480. The second-order valence-corrected chi connectivity index (χ2v) is 3.34. The lowest BCUT2D eigenvalue weighted by molar-refractivity contribution is -0.141. The van der Waals surface area contributed by atoms with E-state index >= 15 is 0 Å². The van der Waals surface area contributed by atoms with Gasteiger partial charge >= 0.3 is 5.97 Å². The summed E-state index contributed by atoms with van der Waals surface area (Å²) < 4.78 is 4.93. The molecular weight excluding hydrogens is 232 g/mol. The molecule has 88 valence electrons. The molecule has 0 fully saturated rings. The summed E-state index contributed by atoms with van der Waals surface area (Å²) in [5, 5.41) is 8.58. The Kier molecular flexibility index (Phi) is 4.65. The summed E-state index contributed by atoms with van der Waals surface area (Å²) in [5.74, 6) is -0.437. The van der Waals surface area contributed by atoms with Crippen LogP contribution in [0.15, 0.2) is 4.79 Å². The summed E-state index contributed by atoms with van der Waals surface area (Å²) in [5.41, 5.74) is -0.480. The van der Waals surface area contributed by atoms with Crippen LogP contribution in [0.1, 0.15) is 13.3 Å². The number of carbonyl (C=O) groups excluding carboxylic acids is 1. The van der Waals surface area contributed by atoms with E-state index in [1.165, 1.54) is 0 Å². The maximum atomic E-state index is 11.2. The fraction of sp³-hybridized carbons (Fsp3) is 0.500. The van der Waals surface area contributed by atoms with Crippen molar-refractivity contribution < 1.29 is 9.53 Å². The fourth-order valence-electron chi connectivity index (χ4n) is 0.890.